The normalized spacial score (nSPS) is 11.1. The minimum Gasteiger partial charge on any atom is -0.467 e. The van der Waals surface area contributed by atoms with E-state index >= 15 is 0 Å². The van der Waals surface area contributed by atoms with Gasteiger partial charge in [0.15, 0.2) is 6.79 Å². The first-order chi connectivity index (χ1) is 14.8. The van der Waals surface area contributed by atoms with Crippen molar-refractivity contribution in [3.8, 4) is 5.75 Å². The molecule has 0 spiro atoms. The summed E-state index contributed by atoms with van der Waals surface area (Å²) in [5.41, 5.74) is 2.75. The second-order valence-electron chi connectivity index (χ2n) is 7.29. The average molecular weight is 472 g/mol. The SMILES string of the molecule is CCOC(=O)CNCc1cc(Cl)c(Cc2ccc(OCOC)c(C(C)C)c2)c(Cl)c1F. The molecule has 0 bridgehead atoms. The number of esters is 1. The number of nitrogens with one attached hydrogen (secondary N) is 1. The molecule has 0 aliphatic heterocycles. The van der Waals surface area contributed by atoms with Crippen molar-refractivity contribution in [1.82, 2.24) is 5.32 Å². The van der Waals surface area contributed by atoms with Crippen molar-refractivity contribution in [3.63, 3.8) is 0 Å². The van der Waals surface area contributed by atoms with Crippen LogP contribution >= 0.6 is 23.2 Å². The summed E-state index contributed by atoms with van der Waals surface area (Å²) in [5, 5.41) is 3.18. The number of hydrogen-bond acceptors (Lipinski definition) is 5. The van der Waals surface area contributed by atoms with Crippen molar-refractivity contribution < 1.29 is 23.4 Å². The van der Waals surface area contributed by atoms with Gasteiger partial charge in [-0.15, -0.1) is 0 Å². The molecule has 2 rings (SSSR count). The van der Waals surface area contributed by atoms with Gasteiger partial charge in [0, 0.05) is 30.7 Å². The van der Waals surface area contributed by atoms with Crippen LogP contribution in [0.4, 0.5) is 4.39 Å². The van der Waals surface area contributed by atoms with Crippen molar-refractivity contribution in [2.75, 3.05) is 27.1 Å². The van der Waals surface area contributed by atoms with Gasteiger partial charge in [0.25, 0.3) is 0 Å². The van der Waals surface area contributed by atoms with Crippen LogP contribution < -0.4 is 10.1 Å². The number of ether oxygens (including phenoxy) is 3. The Bertz CT molecular complexity index is 906. The van der Waals surface area contributed by atoms with E-state index in [1.54, 1.807) is 14.0 Å². The molecule has 170 valence electrons. The highest BCUT2D eigenvalue weighted by Gasteiger charge is 2.18. The van der Waals surface area contributed by atoms with E-state index in [1.807, 2.05) is 18.2 Å². The Labute approximate surface area is 192 Å². The molecular formula is C23H28Cl2FNO4. The van der Waals surface area contributed by atoms with Gasteiger partial charge in [-0.25, -0.2) is 4.39 Å². The Balaban J connectivity index is 2.21. The van der Waals surface area contributed by atoms with E-state index in [0.29, 0.717) is 23.6 Å². The second-order valence-corrected chi connectivity index (χ2v) is 8.07. The number of carbonyl (C=O) groups excluding carboxylic acids is 1. The van der Waals surface area contributed by atoms with Crippen molar-refractivity contribution >= 4 is 29.2 Å². The Morgan fingerprint density at radius 1 is 1.23 bits per heavy atom. The first kappa shape index (κ1) is 25.4. The second kappa shape index (κ2) is 12.2. The molecule has 0 aliphatic carbocycles. The topological polar surface area (TPSA) is 56.8 Å². The van der Waals surface area contributed by atoms with Gasteiger partial charge in [-0.3, -0.25) is 4.79 Å². The molecule has 2 aromatic carbocycles. The molecule has 0 aliphatic rings. The number of methoxy groups -OCH3 is 1. The highest BCUT2D eigenvalue weighted by molar-refractivity contribution is 6.36. The standard InChI is InChI=1S/C23H28Cl2FNO4/c1-5-30-21(28)12-27-11-16-10-19(24)18(22(25)23(16)26)9-15-6-7-20(31-13-29-4)17(8-15)14(2)3/h6-8,10,14,27H,5,9,11-13H2,1-4H3. The van der Waals surface area contributed by atoms with Gasteiger partial charge in [0.05, 0.1) is 18.2 Å². The summed E-state index contributed by atoms with van der Waals surface area (Å²) >= 11 is 12.8. The number of carbonyl (C=O) groups is 1. The van der Waals surface area contributed by atoms with Crippen molar-refractivity contribution in [2.24, 2.45) is 0 Å². The van der Waals surface area contributed by atoms with E-state index in [2.05, 4.69) is 19.2 Å². The lowest BCUT2D eigenvalue weighted by Crippen LogP contribution is -2.24. The first-order valence-electron chi connectivity index (χ1n) is 10.0. The van der Waals surface area contributed by atoms with Gasteiger partial charge in [0.1, 0.15) is 11.6 Å². The summed E-state index contributed by atoms with van der Waals surface area (Å²) in [6.07, 6.45) is 0.370. The molecule has 0 atom stereocenters. The van der Waals surface area contributed by atoms with Gasteiger partial charge in [0.2, 0.25) is 0 Å². The van der Waals surface area contributed by atoms with Crippen LogP contribution in [0.5, 0.6) is 5.75 Å². The molecule has 2 aromatic rings. The van der Waals surface area contributed by atoms with E-state index in [-0.39, 0.29) is 36.4 Å². The Kier molecular flexibility index (Phi) is 10.0. The minimum atomic E-state index is -0.554. The molecule has 0 fully saturated rings. The summed E-state index contributed by atoms with van der Waals surface area (Å²) in [6.45, 7) is 6.38. The van der Waals surface area contributed by atoms with E-state index in [4.69, 9.17) is 37.4 Å². The third-order valence-electron chi connectivity index (χ3n) is 4.63. The van der Waals surface area contributed by atoms with Crippen LogP contribution in [-0.4, -0.2) is 33.0 Å². The molecule has 0 heterocycles. The molecule has 8 heteroatoms. The molecule has 0 amide bonds. The lowest BCUT2D eigenvalue weighted by Gasteiger charge is -2.17. The Hall–Kier alpha value is -1.86. The monoisotopic (exact) mass is 471 g/mol. The summed E-state index contributed by atoms with van der Waals surface area (Å²) in [4.78, 5) is 11.4. The molecule has 5 nitrogen and oxygen atoms in total. The molecule has 0 saturated heterocycles. The van der Waals surface area contributed by atoms with Crippen molar-refractivity contribution in [1.29, 1.82) is 0 Å². The van der Waals surface area contributed by atoms with Crippen LogP contribution in [0.2, 0.25) is 10.0 Å². The van der Waals surface area contributed by atoms with Gasteiger partial charge in [-0.05, 0) is 41.7 Å². The van der Waals surface area contributed by atoms with Crippen LogP contribution in [0.1, 0.15) is 48.9 Å². The predicted octanol–water partition coefficient (Wildman–Crippen LogP) is 5.48. The molecule has 31 heavy (non-hydrogen) atoms. The smallest absolute Gasteiger partial charge is 0.319 e. The Morgan fingerprint density at radius 3 is 2.61 bits per heavy atom. The van der Waals surface area contributed by atoms with Crippen LogP contribution in [0, 0.1) is 5.82 Å². The molecular weight excluding hydrogens is 444 g/mol. The van der Waals surface area contributed by atoms with Crippen LogP contribution in [-0.2, 0) is 27.2 Å². The van der Waals surface area contributed by atoms with Crippen molar-refractivity contribution in [2.45, 2.75) is 39.7 Å². The van der Waals surface area contributed by atoms with Crippen LogP contribution in [0.25, 0.3) is 0 Å². The maximum Gasteiger partial charge on any atom is 0.319 e. The van der Waals surface area contributed by atoms with Crippen LogP contribution in [0.15, 0.2) is 24.3 Å². The lowest BCUT2D eigenvalue weighted by atomic mass is 9.96. The third kappa shape index (κ3) is 7.07. The first-order valence-corrected chi connectivity index (χ1v) is 10.8. The zero-order valence-electron chi connectivity index (χ0n) is 18.2. The number of rotatable bonds is 11. The zero-order chi connectivity index (χ0) is 23.0. The number of halogens is 3. The van der Waals surface area contributed by atoms with Crippen molar-refractivity contribution in [3.05, 3.63) is 62.4 Å². The highest BCUT2D eigenvalue weighted by atomic mass is 35.5. The quantitative estimate of drug-likeness (QED) is 0.267. The molecule has 0 radical (unpaired) electrons. The highest BCUT2D eigenvalue weighted by Crippen LogP contribution is 2.34. The summed E-state index contributed by atoms with van der Waals surface area (Å²) in [6, 6.07) is 7.32. The molecule has 0 unspecified atom stereocenters. The maximum absolute atomic E-state index is 14.8. The summed E-state index contributed by atoms with van der Waals surface area (Å²) in [5.74, 6) is 0.00601. The summed E-state index contributed by atoms with van der Waals surface area (Å²) < 4.78 is 30.3. The molecule has 0 aromatic heterocycles. The van der Waals surface area contributed by atoms with E-state index in [1.165, 1.54) is 6.07 Å². The maximum atomic E-state index is 14.8. The fraction of sp³-hybridized carbons (Fsp3) is 0.435. The molecule has 1 N–H and O–H groups in total. The largest absolute Gasteiger partial charge is 0.467 e. The zero-order valence-corrected chi connectivity index (χ0v) is 19.7. The van der Waals surface area contributed by atoms with Gasteiger partial charge < -0.3 is 19.5 Å². The lowest BCUT2D eigenvalue weighted by molar-refractivity contribution is -0.142. The van der Waals surface area contributed by atoms with E-state index < -0.39 is 11.8 Å². The Morgan fingerprint density at radius 2 is 1.97 bits per heavy atom. The van der Waals surface area contributed by atoms with E-state index in [9.17, 15) is 9.18 Å². The van der Waals surface area contributed by atoms with Crippen LogP contribution in [0.3, 0.4) is 0 Å². The van der Waals surface area contributed by atoms with Gasteiger partial charge in [-0.1, -0.05) is 49.2 Å². The van der Waals surface area contributed by atoms with Gasteiger partial charge >= 0.3 is 5.97 Å². The molecule has 0 saturated carbocycles. The fourth-order valence-electron chi connectivity index (χ4n) is 3.10. The summed E-state index contributed by atoms with van der Waals surface area (Å²) in [7, 11) is 1.57. The minimum absolute atomic E-state index is 0.0220. The number of benzene rings is 2. The van der Waals surface area contributed by atoms with Gasteiger partial charge in [-0.2, -0.15) is 0 Å². The van der Waals surface area contributed by atoms with E-state index in [0.717, 1.165) is 16.9 Å². The third-order valence-corrected chi connectivity index (χ3v) is 5.36. The number of hydrogen-bond donors (Lipinski definition) is 1. The fourth-order valence-corrected chi connectivity index (χ4v) is 3.73. The average Bonchev–Trinajstić information content (AvgIpc) is 2.73. The predicted molar refractivity (Wildman–Crippen MR) is 121 cm³/mol.